The minimum absolute atomic E-state index is 0.298. The molecule has 0 radical (unpaired) electrons. The van der Waals surface area contributed by atoms with E-state index in [1.807, 2.05) is 17.5 Å². The Bertz CT molecular complexity index is 930. The molecule has 0 saturated heterocycles. The van der Waals surface area contributed by atoms with Crippen LogP contribution in [0.25, 0.3) is 10.7 Å². The fraction of sp³-hybridized carbons (Fsp3) is 0.188. The van der Waals surface area contributed by atoms with E-state index >= 15 is 0 Å². The summed E-state index contributed by atoms with van der Waals surface area (Å²) in [5.74, 6) is -0.0547. The third kappa shape index (κ3) is 3.15. The topological polar surface area (TPSA) is 62.7 Å². The van der Waals surface area contributed by atoms with Crippen molar-refractivity contribution in [3.05, 3.63) is 51.9 Å². The Hall–Kier alpha value is -2.32. The normalized spacial score (nSPS) is 12.1. The number of amides is 1. The van der Waals surface area contributed by atoms with E-state index in [2.05, 4.69) is 15.5 Å². The number of carbonyl (C=O) groups excluding carboxylic acids is 1. The summed E-state index contributed by atoms with van der Waals surface area (Å²) >= 11 is 6.76. The smallest absolute Gasteiger partial charge is 0.247 e. The van der Waals surface area contributed by atoms with Crippen LogP contribution < -0.4 is 5.32 Å². The van der Waals surface area contributed by atoms with Crippen molar-refractivity contribution in [2.45, 2.75) is 19.9 Å². The summed E-state index contributed by atoms with van der Waals surface area (Å²) < 4.78 is 15.6. The number of thiophene rings is 1. The Morgan fingerprint density at radius 2 is 2.25 bits per heavy atom. The number of carbonyl (C=O) groups is 1. The zero-order valence-electron chi connectivity index (χ0n) is 13.0. The molecule has 8 heteroatoms. The molecule has 2 aromatic heterocycles. The lowest BCUT2D eigenvalue weighted by atomic mass is 10.2. The highest BCUT2D eigenvalue weighted by Gasteiger charge is 2.21. The highest BCUT2D eigenvalue weighted by molar-refractivity contribution is 7.71. The van der Waals surface area contributed by atoms with Gasteiger partial charge in [0.1, 0.15) is 11.9 Å². The quantitative estimate of drug-likeness (QED) is 0.680. The molecule has 0 saturated carbocycles. The standard InChI is InChI=1S/C16H15FN4OS2/c1-9-5-6-11(8-12(9)17)18-15(22)10(2)21-14(19-20-16(21)23)13-4-3-7-24-13/h3-8,10H,1-2H3,(H,18,22)(H,20,23). The maximum Gasteiger partial charge on any atom is 0.247 e. The van der Waals surface area contributed by atoms with Crippen molar-refractivity contribution >= 4 is 35.1 Å². The van der Waals surface area contributed by atoms with Crippen LogP contribution in [0.3, 0.4) is 0 Å². The van der Waals surface area contributed by atoms with Crippen molar-refractivity contribution in [2.24, 2.45) is 0 Å². The number of anilines is 1. The van der Waals surface area contributed by atoms with Crippen LogP contribution in [0.1, 0.15) is 18.5 Å². The second-order valence-corrected chi connectivity index (χ2v) is 6.66. The number of H-pyrrole nitrogens is 1. The molecule has 24 heavy (non-hydrogen) atoms. The van der Waals surface area contributed by atoms with E-state index in [1.165, 1.54) is 17.4 Å². The lowest BCUT2D eigenvalue weighted by molar-refractivity contribution is -0.118. The third-order valence-corrected chi connectivity index (χ3v) is 4.81. The summed E-state index contributed by atoms with van der Waals surface area (Å²) in [5, 5.41) is 11.6. The molecule has 1 atom stereocenters. The average Bonchev–Trinajstić information content (AvgIpc) is 3.19. The van der Waals surface area contributed by atoms with Crippen LogP contribution in [0.5, 0.6) is 0 Å². The molecule has 0 spiro atoms. The molecule has 3 rings (SSSR count). The number of aromatic nitrogens is 3. The predicted molar refractivity (Wildman–Crippen MR) is 95.2 cm³/mol. The van der Waals surface area contributed by atoms with E-state index in [9.17, 15) is 9.18 Å². The maximum atomic E-state index is 13.6. The van der Waals surface area contributed by atoms with Gasteiger partial charge in [0.2, 0.25) is 5.91 Å². The van der Waals surface area contributed by atoms with Gasteiger partial charge in [-0.2, -0.15) is 5.10 Å². The molecule has 5 nitrogen and oxygen atoms in total. The van der Waals surface area contributed by atoms with E-state index in [1.54, 1.807) is 30.5 Å². The monoisotopic (exact) mass is 362 g/mol. The van der Waals surface area contributed by atoms with Crippen LogP contribution in [-0.4, -0.2) is 20.7 Å². The number of nitrogens with one attached hydrogen (secondary N) is 2. The van der Waals surface area contributed by atoms with Gasteiger partial charge < -0.3 is 5.32 Å². The lowest BCUT2D eigenvalue weighted by Gasteiger charge is -2.15. The largest absolute Gasteiger partial charge is 0.324 e. The lowest BCUT2D eigenvalue weighted by Crippen LogP contribution is -2.24. The fourth-order valence-corrected chi connectivity index (χ4v) is 3.28. The number of hydrogen-bond acceptors (Lipinski definition) is 4. The van der Waals surface area contributed by atoms with E-state index in [0.29, 0.717) is 21.8 Å². The Morgan fingerprint density at radius 1 is 1.46 bits per heavy atom. The summed E-state index contributed by atoms with van der Waals surface area (Å²) in [4.78, 5) is 13.4. The van der Waals surface area contributed by atoms with E-state index in [-0.39, 0.29) is 11.7 Å². The van der Waals surface area contributed by atoms with Crippen molar-refractivity contribution in [3.8, 4) is 10.7 Å². The Kier molecular flexibility index (Phi) is 4.59. The first-order valence-corrected chi connectivity index (χ1v) is 8.54. The fourth-order valence-electron chi connectivity index (χ4n) is 2.28. The zero-order chi connectivity index (χ0) is 17.3. The number of rotatable bonds is 4. The van der Waals surface area contributed by atoms with Crippen LogP contribution in [0.4, 0.5) is 10.1 Å². The number of halogens is 1. The average molecular weight is 362 g/mol. The van der Waals surface area contributed by atoms with Crippen LogP contribution in [-0.2, 0) is 4.79 Å². The molecular formula is C16H15FN4OS2. The Balaban J connectivity index is 1.88. The van der Waals surface area contributed by atoms with Crippen molar-refractivity contribution < 1.29 is 9.18 Å². The van der Waals surface area contributed by atoms with Gasteiger partial charge in [0.15, 0.2) is 10.6 Å². The van der Waals surface area contributed by atoms with E-state index in [0.717, 1.165) is 4.88 Å². The predicted octanol–water partition coefficient (Wildman–Crippen LogP) is 4.32. The van der Waals surface area contributed by atoms with E-state index < -0.39 is 6.04 Å². The first-order chi connectivity index (χ1) is 11.5. The molecule has 1 amide bonds. The number of benzene rings is 1. The first kappa shape index (κ1) is 16.5. The molecule has 124 valence electrons. The Labute approximate surface area is 147 Å². The van der Waals surface area contributed by atoms with Crippen LogP contribution >= 0.6 is 23.6 Å². The van der Waals surface area contributed by atoms with Gasteiger partial charge in [-0.15, -0.1) is 11.3 Å². The van der Waals surface area contributed by atoms with Gasteiger partial charge in [0, 0.05) is 5.69 Å². The summed E-state index contributed by atoms with van der Waals surface area (Å²) in [6.45, 7) is 3.39. The van der Waals surface area contributed by atoms with Crippen molar-refractivity contribution in [1.29, 1.82) is 0 Å². The molecule has 0 bridgehead atoms. The molecule has 0 aliphatic carbocycles. The van der Waals surface area contributed by atoms with Crippen molar-refractivity contribution in [1.82, 2.24) is 14.8 Å². The van der Waals surface area contributed by atoms with Gasteiger partial charge in [-0.3, -0.25) is 14.5 Å². The molecular weight excluding hydrogens is 347 g/mol. The molecule has 2 heterocycles. The number of aromatic amines is 1. The summed E-state index contributed by atoms with van der Waals surface area (Å²) in [6, 6.07) is 7.80. The van der Waals surface area contributed by atoms with Gasteiger partial charge in [0.05, 0.1) is 4.88 Å². The van der Waals surface area contributed by atoms with Gasteiger partial charge in [0.25, 0.3) is 0 Å². The molecule has 0 fully saturated rings. The summed E-state index contributed by atoms with van der Waals surface area (Å²) in [7, 11) is 0. The molecule has 3 aromatic rings. The highest BCUT2D eigenvalue weighted by Crippen LogP contribution is 2.26. The molecule has 2 N–H and O–H groups in total. The van der Waals surface area contributed by atoms with Crippen LogP contribution in [0.15, 0.2) is 35.7 Å². The van der Waals surface area contributed by atoms with Gasteiger partial charge >= 0.3 is 0 Å². The van der Waals surface area contributed by atoms with Crippen LogP contribution in [0.2, 0.25) is 0 Å². The second kappa shape index (κ2) is 6.66. The molecule has 1 aromatic carbocycles. The molecule has 1 unspecified atom stereocenters. The first-order valence-electron chi connectivity index (χ1n) is 7.25. The Morgan fingerprint density at radius 3 is 2.92 bits per heavy atom. The molecule has 0 aliphatic heterocycles. The number of nitrogens with zero attached hydrogens (tertiary/aromatic N) is 2. The third-order valence-electron chi connectivity index (χ3n) is 3.65. The van der Waals surface area contributed by atoms with Gasteiger partial charge in [-0.1, -0.05) is 12.1 Å². The van der Waals surface area contributed by atoms with Gasteiger partial charge in [-0.25, -0.2) is 4.39 Å². The van der Waals surface area contributed by atoms with Crippen molar-refractivity contribution in [3.63, 3.8) is 0 Å². The van der Waals surface area contributed by atoms with Gasteiger partial charge in [-0.05, 0) is 55.2 Å². The van der Waals surface area contributed by atoms with Crippen molar-refractivity contribution in [2.75, 3.05) is 5.32 Å². The number of hydrogen-bond donors (Lipinski definition) is 2. The number of aryl methyl sites for hydroxylation is 1. The van der Waals surface area contributed by atoms with E-state index in [4.69, 9.17) is 12.2 Å². The maximum absolute atomic E-state index is 13.6. The second-order valence-electron chi connectivity index (χ2n) is 5.33. The highest BCUT2D eigenvalue weighted by atomic mass is 32.1. The SMILES string of the molecule is Cc1ccc(NC(=O)C(C)n2c(-c3cccs3)n[nH]c2=S)cc1F. The summed E-state index contributed by atoms with van der Waals surface area (Å²) in [6.07, 6.45) is 0. The minimum Gasteiger partial charge on any atom is -0.324 e. The molecule has 0 aliphatic rings. The zero-order valence-corrected chi connectivity index (χ0v) is 14.7. The summed E-state index contributed by atoms with van der Waals surface area (Å²) in [5.41, 5.74) is 0.931. The van der Waals surface area contributed by atoms with Crippen LogP contribution in [0, 0.1) is 17.5 Å². The minimum atomic E-state index is -0.599.